The van der Waals surface area contributed by atoms with Crippen molar-refractivity contribution in [2.75, 3.05) is 7.11 Å². The highest BCUT2D eigenvalue weighted by Gasteiger charge is 2.10. The summed E-state index contributed by atoms with van der Waals surface area (Å²) in [6.07, 6.45) is 3.69. The molecule has 0 amide bonds. The minimum Gasteiger partial charge on any atom is -0.496 e. The van der Waals surface area contributed by atoms with Gasteiger partial charge in [-0.1, -0.05) is 36.4 Å². The molecule has 0 saturated carbocycles. The molecule has 0 aliphatic heterocycles. The lowest BCUT2D eigenvalue weighted by atomic mass is 9.97. The normalized spacial score (nSPS) is 11.9. The lowest BCUT2D eigenvalue weighted by Gasteiger charge is -2.11. The van der Waals surface area contributed by atoms with Crippen LogP contribution in [-0.4, -0.2) is 24.5 Å². The van der Waals surface area contributed by atoms with Crippen molar-refractivity contribution in [2.45, 2.75) is 6.92 Å². The van der Waals surface area contributed by atoms with Crippen molar-refractivity contribution in [3.05, 3.63) is 71.3 Å². The number of rotatable bonds is 6. The van der Waals surface area contributed by atoms with E-state index in [0.717, 1.165) is 17.9 Å². The van der Waals surface area contributed by atoms with E-state index in [2.05, 4.69) is 0 Å². The minimum atomic E-state index is -1.03. The molecule has 0 heterocycles. The van der Waals surface area contributed by atoms with E-state index in [1.165, 1.54) is 7.11 Å². The molecule has 0 aliphatic rings. The quantitative estimate of drug-likeness (QED) is 0.497. The van der Waals surface area contributed by atoms with Crippen LogP contribution in [0.5, 0.6) is 5.75 Å². The number of carbonyl (C=O) groups excluding carboxylic acids is 1. The molecule has 0 aliphatic carbocycles. The van der Waals surface area contributed by atoms with Crippen molar-refractivity contribution in [1.29, 1.82) is 0 Å². The van der Waals surface area contributed by atoms with Crippen LogP contribution in [0.25, 0.3) is 17.2 Å². The highest BCUT2D eigenvalue weighted by atomic mass is 16.5. The van der Waals surface area contributed by atoms with Crippen molar-refractivity contribution in [1.82, 2.24) is 0 Å². The third-order valence-electron chi connectivity index (χ3n) is 3.55. The van der Waals surface area contributed by atoms with Crippen molar-refractivity contribution in [3.8, 4) is 5.75 Å². The summed E-state index contributed by atoms with van der Waals surface area (Å²) in [7, 11) is 1.52. The van der Waals surface area contributed by atoms with Crippen LogP contribution >= 0.6 is 0 Å². The molecular formula is C20H18O4. The van der Waals surface area contributed by atoms with E-state index in [-0.39, 0.29) is 0 Å². The number of hydrogen-bond acceptors (Lipinski definition) is 3. The Morgan fingerprint density at radius 1 is 1.12 bits per heavy atom. The second-order valence-corrected chi connectivity index (χ2v) is 5.21. The molecule has 0 fully saturated rings. The summed E-state index contributed by atoms with van der Waals surface area (Å²) in [4.78, 5) is 22.4. The van der Waals surface area contributed by atoms with Crippen molar-refractivity contribution in [3.63, 3.8) is 0 Å². The van der Waals surface area contributed by atoms with E-state index in [1.54, 1.807) is 31.2 Å². The lowest BCUT2D eigenvalue weighted by Crippen LogP contribution is -1.96. The second kappa shape index (κ2) is 7.92. The van der Waals surface area contributed by atoms with Gasteiger partial charge >= 0.3 is 5.97 Å². The Labute approximate surface area is 140 Å². The van der Waals surface area contributed by atoms with Gasteiger partial charge in [0, 0.05) is 17.2 Å². The molecule has 0 spiro atoms. The smallest absolute Gasteiger partial charge is 0.328 e. The average molecular weight is 322 g/mol. The summed E-state index contributed by atoms with van der Waals surface area (Å²) in [5, 5.41) is 8.94. The standard InChI is InChI=1S/C20H18O4/c1-14(10-20(22)23)18-12-16(8-9-19(18)24-2)17(13-21)11-15-6-4-3-5-7-15/h3-13H,1-2H3,(H,22,23). The predicted octanol–water partition coefficient (Wildman–Crippen LogP) is 3.92. The van der Waals surface area contributed by atoms with Crippen LogP contribution in [0.15, 0.2) is 54.6 Å². The molecule has 122 valence electrons. The Balaban J connectivity index is 2.52. The highest BCUT2D eigenvalue weighted by Crippen LogP contribution is 2.29. The zero-order valence-corrected chi connectivity index (χ0v) is 13.5. The molecular weight excluding hydrogens is 304 g/mol. The van der Waals surface area contributed by atoms with Crippen molar-refractivity contribution >= 4 is 29.5 Å². The average Bonchev–Trinajstić information content (AvgIpc) is 2.59. The van der Waals surface area contributed by atoms with Gasteiger partial charge in [0.05, 0.1) is 7.11 Å². The van der Waals surface area contributed by atoms with E-state index < -0.39 is 5.97 Å². The predicted molar refractivity (Wildman–Crippen MR) is 94.7 cm³/mol. The number of allylic oxidation sites excluding steroid dienone is 2. The van der Waals surface area contributed by atoms with Gasteiger partial charge in [-0.3, -0.25) is 4.79 Å². The number of benzene rings is 2. The summed E-state index contributed by atoms with van der Waals surface area (Å²) >= 11 is 0. The van der Waals surface area contributed by atoms with Gasteiger partial charge < -0.3 is 9.84 Å². The van der Waals surface area contributed by atoms with Gasteiger partial charge in [-0.05, 0) is 41.8 Å². The van der Waals surface area contributed by atoms with E-state index >= 15 is 0 Å². The van der Waals surface area contributed by atoms with Crippen LogP contribution in [0.4, 0.5) is 0 Å². The van der Waals surface area contributed by atoms with Crippen molar-refractivity contribution < 1.29 is 19.4 Å². The van der Waals surface area contributed by atoms with E-state index in [0.29, 0.717) is 28.0 Å². The molecule has 4 nitrogen and oxygen atoms in total. The monoisotopic (exact) mass is 322 g/mol. The first kappa shape index (κ1) is 17.2. The fourth-order valence-corrected chi connectivity index (χ4v) is 2.37. The number of carbonyl (C=O) groups is 2. The van der Waals surface area contributed by atoms with E-state index in [9.17, 15) is 9.59 Å². The van der Waals surface area contributed by atoms with Gasteiger partial charge in [-0.25, -0.2) is 4.79 Å². The highest BCUT2D eigenvalue weighted by molar-refractivity contribution is 6.13. The molecule has 2 rings (SSSR count). The molecule has 2 aromatic rings. The molecule has 2 aromatic carbocycles. The Bertz CT molecular complexity index is 802. The van der Waals surface area contributed by atoms with Gasteiger partial charge in [0.1, 0.15) is 5.75 Å². The summed E-state index contributed by atoms with van der Waals surface area (Å²) in [6, 6.07) is 14.8. The Hall–Kier alpha value is -3.14. The fraction of sp³-hybridized carbons (Fsp3) is 0.100. The molecule has 0 aromatic heterocycles. The third kappa shape index (κ3) is 4.20. The maximum absolute atomic E-state index is 11.5. The van der Waals surface area contributed by atoms with Crippen LogP contribution < -0.4 is 4.74 Å². The summed E-state index contributed by atoms with van der Waals surface area (Å²) in [5.41, 5.74) is 3.30. The number of aliphatic carboxylic acids is 1. The maximum Gasteiger partial charge on any atom is 0.328 e. The SMILES string of the molecule is COc1ccc(C(C=O)=Cc2ccccc2)cc1C(C)=CC(=O)O. The van der Waals surface area contributed by atoms with Gasteiger partial charge in [-0.15, -0.1) is 0 Å². The number of ether oxygens (including phenoxy) is 1. The van der Waals surface area contributed by atoms with Gasteiger partial charge in [0.2, 0.25) is 0 Å². The first-order valence-electron chi connectivity index (χ1n) is 7.37. The Kier molecular flexibility index (Phi) is 5.68. The molecule has 24 heavy (non-hydrogen) atoms. The Morgan fingerprint density at radius 2 is 1.83 bits per heavy atom. The zero-order chi connectivity index (χ0) is 17.5. The summed E-state index contributed by atoms with van der Waals surface area (Å²) in [6.45, 7) is 1.69. The molecule has 0 saturated heterocycles. The third-order valence-corrected chi connectivity index (χ3v) is 3.55. The first-order valence-corrected chi connectivity index (χ1v) is 7.37. The number of aldehydes is 1. The molecule has 0 radical (unpaired) electrons. The molecule has 4 heteroatoms. The van der Waals surface area contributed by atoms with Crippen LogP contribution in [0.2, 0.25) is 0 Å². The Morgan fingerprint density at radius 3 is 2.42 bits per heavy atom. The van der Waals surface area contributed by atoms with Gasteiger partial charge in [0.25, 0.3) is 0 Å². The maximum atomic E-state index is 11.5. The van der Waals surface area contributed by atoms with E-state index in [1.807, 2.05) is 30.3 Å². The number of carboxylic acids is 1. The first-order chi connectivity index (χ1) is 11.5. The molecule has 1 N–H and O–H groups in total. The van der Waals surface area contributed by atoms with E-state index in [4.69, 9.17) is 9.84 Å². The topological polar surface area (TPSA) is 63.6 Å². The molecule has 0 bridgehead atoms. The molecule has 0 unspecified atom stereocenters. The minimum absolute atomic E-state index is 0.508. The van der Waals surface area contributed by atoms with Gasteiger partial charge in [-0.2, -0.15) is 0 Å². The molecule has 0 atom stereocenters. The van der Waals surface area contributed by atoms with Crippen LogP contribution in [-0.2, 0) is 9.59 Å². The zero-order valence-electron chi connectivity index (χ0n) is 13.5. The van der Waals surface area contributed by atoms with Gasteiger partial charge in [0.15, 0.2) is 6.29 Å². The van der Waals surface area contributed by atoms with Crippen LogP contribution in [0.3, 0.4) is 0 Å². The number of hydrogen-bond donors (Lipinski definition) is 1. The number of carboxylic acid groups (broad SMARTS) is 1. The van der Waals surface area contributed by atoms with Crippen molar-refractivity contribution in [2.24, 2.45) is 0 Å². The number of methoxy groups -OCH3 is 1. The van der Waals surface area contributed by atoms with Crippen LogP contribution in [0, 0.1) is 0 Å². The second-order valence-electron chi connectivity index (χ2n) is 5.21. The largest absolute Gasteiger partial charge is 0.496 e. The summed E-state index contributed by atoms with van der Waals surface area (Å²) in [5.74, 6) is -0.478. The summed E-state index contributed by atoms with van der Waals surface area (Å²) < 4.78 is 5.29. The fourth-order valence-electron chi connectivity index (χ4n) is 2.37. The lowest BCUT2D eigenvalue weighted by molar-refractivity contribution is -0.131. The van der Waals surface area contributed by atoms with Crippen LogP contribution in [0.1, 0.15) is 23.6 Å².